The third-order valence-corrected chi connectivity index (χ3v) is 3.03. The van der Waals surface area contributed by atoms with Gasteiger partial charge >= 0.3 is 0 Å². The Balaban J connectivity index is 1.88. The van der Waals surface area contributed by atoms with Crippen molar-refractivity contribution in [2.45, 2.75) is 31.3 Å². The molecule has 0 bridgehead atoms. The minimum atomic E-state index is -0.370. The highest BCUT2D eigenvalue weighted by Crippen LogP contribution is 2.34. The molecule has 1 fully saturated rings. The first-order valence-electron chi connectivity index (χ1n) is 5.62. The lowest BCUT2D eigenvalue weighted by Crippen LogP contribution is -2.11. The van der Waals surface area contributed by atoms with Gasteiger partial charge in [0.25, 0.3) is 0 Å². The number of aromatic nitrogens is 4. The van der Waals surface area contributed by atoms with E-state index in [0.717, 1.165) is 19.3 Å². The van der Waals surface area contributed by atoms with Crippen LogP contribution in [0.1, 0.15) is 31.1 Å². The van der Waals surface area contributed by atoms with Crippen LogP contribution < -0.4 is 0 Å². The van der Waals surface area contributed by atoms with Gasteiger partial charge in [0.2, 0.25) is 11.7 Å². The maximum atomic E-state index is 9.77. The Hall–Kier alpha value is -1.82. The molecule has 1 aliphatic carbocycles. The minimum absolute atomic E-state index is 0.0343. The Morgan fingerprint density at radius 1 is 1.29 bits per heavy atom. The third-order valence-electron chi connectivity index (χ3n) is 3.03. The maximum Gasteiger partial charge on any atom is 0.232 e. The number of aliphatic hydroxyl groups excluding tert-OH is 1. The Bertz CT molecular complexity index is 499. The number of hydrogen-bond donors (Lipinski definition) is 1. The summed E-state index contributed by atoms with van der Waals surface area (Å²) in [5, 5.41) is 13.6. The van der Waals surface area contributed by atoms with E-state index < -0.39 is 0 Å². The summed E-state index contributed by atoms with van der Waals surface area (Å²) in [5.74, 6) is 0.885. The SMILES string of the molecule is OC1CCCC1c1nc(-c2cnccn2)no1. The first-order valence-corrected chi connectivity index (χ1v) is 5.62. The summed E-state index contributed by atoms with van der Waals surface area (Å²) in [5.41, 5.74) is 0.579. The van der Waals surface area contributed by atoms with E-state index in [2.05, 4.69) is 20.1 Å². The monoisotopic (exact) mass is 232 g/mol. The zero-order valence-electron chi connectivity index (χ0n) is 9.15. The maximum absolute atomic E-state index is 9.77. The summed E-state index contributed by atoms with van der Waals surface area (Å²) >= 11 is 0. The summed E-state index contributed by atoms with van der Waals surface area (Å²) in [6, 6.07) is 0. The number of nitrogens with zero attached hydrogens (tertiary/aromatic N) is 4. The zero-order chi connectivity index (χ0) is 11.7. The standard InChI is InChI=1S/C11H12N4O2/c16-9-3-1-2-7(9)11-14-10(15-17-11)8-6-12-4-5-13-8/h4-7,9,16H,1-3H2. The van der Waals surface area contributed by atoms with Gasteiger partial charge in [-0.15, -0.1) is 0 Å². The van der Waals surface area contributed by atoms with Crippen LogP contribution in [0.3, 0.4) is 0 Å². The summed E-state index contributed by atoms with van der Waals surface area (Å²) < 4.78 is 5.18. The third kappa shape index (κ3) is 1.91. The van der Waals surface area contributed by atoms with E-state index in [1.807, 2.05) is 0 Å². The van der Waals surface area contributed by atoms with Crippen molar-refractivity contribution in [1.29, 1.82) is 0 Å². The van der Waals surface area contributed by atoms with E-state index in [9.17, 15) is 5.11 Å². The predicted molar refractivity (Wildman–Crippen MR) is 57.9 cm³/mol. The molecule has 88 valence electrons. The van der Waals surface area contributed by atoms with E-state index in [1.165, 1.54) is 0 Å². The second-order valence-corrected chi connectivity index (χ2v) is 4.15. The Labute approximate surface area is 97.7 Å². The van der Waals surface area contributed by atoms with Crippen LogP contribution in [-0.4, -0.2) is 31.3 Å². The first-order chi connectivity index (χ1) is 8.34. The van der Waals surface area contributed by atoms with E-state index >= 15 is 0 Å². The summed E-state index contributed by atoms with van der Waals surface area (Å²) in [4.78, 5) is 12.3. The molecule has 1 N–H and O–H groups in total. The molecule has 0 aliphatic heterocycles. The van der Waals surface area contributed by atoms with Gasteiger partial charge in [-0.25, -0.2) is 4.98 Å². The van der Waals surface area contributed by atoms with Crippen LogP contribution in [0.25, 0.3) is 11.5 Å². The quantitative estimate of drug-likeness (QED) is 0.836. The van der Waals surface area contributed by atoms with Gasteiger partial charge in [0.15, 0.2) is 0 Å². The van der Waals surface area contributed by atoms with Crippen LogP contribution in [0.15, 0.2) is 23.1 Å². The topological polar surface area (TPSA) is 84.9 Å². The van der Waals surface area contributed by atoms with Crippen molar-refractivity contribution in [3.8, 4) is 11.5 Å². The lowest BCUT2D eigenvalue weighted by Gasteiger charge is -2.07. The lowest BCUT2D eigenvalue weighted by molar-refractivity contribution is 0.148. The average Bonchev–Trinajstić information content (AvgIpc) is 2.98. The van der Waals surface area contributed by atoms with Crippen LogP contribution in [0.5, 0.6) is 0 Å². The highest BCUT2D eigenvalue weighted by Gasteiger charge is 2.31. The molecule has 0 aromatic carbocycles. The zero-order valence-corrected chi connectivity index (χ0v) is 9.15. The van der Waals surface area contributed by atoms with Crippen LogP contribution in [0, 0.1) is 0 Å². The molecule has 3 rings (SSSR count). The largest absolute Gasteiger partial charge is 0.392 e. The molecular formula is C11H12N4O2. The van der Waals surface area contributed by atoms with Crippen LogP contribution in [-0.2, 0) is 0 Å². The molecule has 17 heavy (non-hydrogen) atoms. The van der Waals surface area contributed by atoms with Crippen molar-refractivity contribution in [2.75, 3.05) is 0 Å². The number of hydrogen-bond acceptors (Lipinski definition) is 6. The Morgan fingerprint density at radius 2 is 2.24 bits per heavy atom. The first kappa shape index (κ1) is 10.3. The molecule has 2 aromatic rings. The lowest BCUT2D eigenvalue weighted by atomic mass is 10.1. The van der Waals surface area contributed by atoms with Gasteiger partial charge in [-0.2, -0.15) is 4.98 Å². The van der Waals surface area contributed by atoms with Crippen molar-refractivity contribution >= 4 is 0 Å². The van der Waals surface area contributed by atoms with Gasteiger partial charge in [-0.1, -0.05) is 5.16 Å². The highest BCUT2D eigenvalue weighted by atomic mass is 16.5. The molecule has 1 aliphatic rings. The fraction of sp³-hybridized carbons (Fsp3) is 0.455. The fourth-order valence-electron chi connectivity index (χ4n) is 2.13. The molecule has 1 saturated carbocycles. The minimum Gasteiger partial charge on any atom is -0.392 e. The van der Waals surface area contributed by atoms with E-state index in [-0.39, 0.29) is 12.0 Å². The van der Waals surface area contributed by atoms with Crippen molar-refractivity contribution in [2.24, 2.45) is 0 Å². The van der Waals surface area contributed by atoms with Crippen LogP contribution >= 0.6 is 0 Å². The van der Waals surface area contributed by atoms with Crippen molar-refractivity contribution in [3.63, 3.8) is 0 Å². The van der Waals surface area contributed by atoms with Crippen molar-refractivity contribution in [1.82, 2.24) is 20.1 Å². The van der Waals surface area contributed by atoms with Gasteiger partial charge in [0, 0.05) is 12.4 Å². The van der Waals surface area contributed by atoms with E-state index in [0.29, 0.717) is 17.4 Å². The van der Waals surface area contributed by atoms with Crippen molar-refractivity contribution < 1.29 is 9.63 Å². The van der Waals surface area contributed by atoms with Gasteiger partial charge in [0.05, 0.1) is 18.2 Å². The summed E-state index contributed by atoms with van der Waals surface area (Å²) in [7, 11) is 0. The fourth-order valence-corrected chi connectivity index (χ4v) is 2.13. The Kier molecular flexibility index (Phi) is 2.56. The smallest absolute Gasteiger partial charge is 0.232 e. The van der Waals surface area contributed by atoms with Gasteiger partial charge in [-0.05, 0) is 19.3 Å². The van der Waals surface area contributed by atoms with E-state index in [4.69, 9.17) is 4.52 Å². The number of rotatable bonds is 2. The summed E-state index contributed by atoms with van der Waals surface area (Å²) in [6.07, 6.45) is 7.07. The molecule has 2 atom stereocenters. The molecule has 0 saturated heterocycles. The van der Waals surface area contributed by atoms with Crippen LogP contribution in [0.2, 0.25) is 0 Å². The second kappa shape index (κ2) is 4.21. The van der Waals surface area contributed by atoms with Gasteiger partial charge in [0.1, 0.15) is 5.69 Å². The predicted octanol–water partition coefficient (Wildman–Crippen LogP) is 1.15. The highest BCUT2D eigenvalue weighted by molar-refractivity contribution is 5.45. The normalized spacial score (nSPS) is 24.1. The average molecular weight is 232 g/mol. The van der Waals surface area contributed by atoms with Gasteiger partial charge in [-0.3, -0.25) is 4.98 Å². The van der Waals surface area contributed by atoms with Crippen LogP contribution in [0.4, 0.5) is 0 Å². The molecule has 0 spiro atoms. The molecule has 2 heterocycles. The van der Waals surface area contributed by atoms with E-state index in [1.54, 1.807) is 18.6 Å². The second-order valence-electron chi connectivity index (χ2n) is 4.15. The Morgan fingerprint density at radius 3 is 2.94 bits per heavy atom. The summed E-state index contributed by atoms with van der Waals surface area (Å²) in [6.45, 7) is 0. The molecular weight excluding hydrogens is 220 g/mol. The number of aliphatic hydroxyl groups is 1. The molecule has 6 heteroatoms. The molecule has 6 nitrogen and oxygen atoms in total. The van der Waals surface area contributed by atoms with Crippen molar-refractivity contribution in [3.05, 3.63) is 24.5 Å². The molecule has 0 radical (unpaired) electrons. The molecule has 0 amide bonds. The molecule has 2 aromatic heterocycles. The van der Waals surface area contributed by atoms with Gasteiger partial charge < -0.3 is 9.63 Å². The molecule has 2 unspecified atom stereocenters.